The standard InChI is InChI=1S/C18H22N2O4/c1-12-16(17(22)24-11-13-5-3-2-4-6-13)15-8-7-14(9-10-21)20(15)18(23)19-12/h2-6,14-15,21H,7-11H2,1H3,(H,19,23)/t14-,15-/m0/s1. The molecule has 0 bridgehead atoms. The number of benzene rings is 1. The Hall–Kier alpha value is -2.34. The minimum atomic E-state index is -0.393. The number of allylic oxidation sites excluding steroid dienone is 1. The molecule has 1 aromatic carbocycles. The van der Waals surface area contributed by atoms with Gasteiger partial charge in [-0.1, -0.05) is 30.3 Å². The lowest BCUT2D eigenvalue weighted by Gasteiger charge is -2.35. The normalized spacial score (nSPS) is 23.1. The molecule has 2 aliphatic rings. The van der Waals surface area contributed by atoms with Gasteiger partial charge in [0.1, 0.15) is 6.61 Å². The number of urea groups is 1. The predicted octanol–water partition coefficient (Wildman–Crippen LogP) is 1.94. The molecule has 0 unspecified atom stereocenters. The van der Waals surface area contributed by atoms with E-state index < -0.39 is 5.97 Å². The molecular formula is C18H22N2O4. The molecule has 128 valence electrons. The summed E-state index contributed by atoms with van der Waals surface area (Å²) >= 11 is 0. The maximum absolute atomic E-state index is 12.6. The molecule has 2 amide bonds. The minimum Gasteiger partial charge on any atom is -0.457 e. The zero-order valence-electron chi connectivity index (χ0n) is 13.7. The summed E-state index contributed by atoms with van der Waals surface area (Å²) in [6, 6.07) is 9.00. The van der Waals surface area contributed by atoms with Crippen molar-refractivity contribution in [3.05, 3.63) is 47.2 Å². The Morgan fingerprint density at radius 2 is 2.08 bits per heavy atom. The lowest BCUT2D eigenvalue weighted by molar-refractivity contribution is -0.141. The zero-order chi connectivity index (χ0) is 17.1. The first kappa shape index (κ1) is 16.5. The van der Waals surface area contributed by atoms with E-state index in [9.17, 15) is 14.7 Å². The van der Waals surface area contributed by atoms with E-state index in [1.165, 1.54) is 0 Å². The van der Waals surface area contributed by atoms with E-state index in [-0.39, 0.29) is 31.3 Å². The maximum atomic E-state index is 12.6. The van der Waals surface area contributed by atoms with Gasteiger partial charge in [-0.15, -0.1) is 0 Å². The van der Waals surface area contributed by atoms with E-state index in [0.29, 0.717) is 24.1 Å². The molecule has 1 fully saturated rings. The number of nitrogens with zero attached hydrogens (tertiary/aromatic N) is 1. The Labute approximate surface area is 141 Å². The average Bonchev–Trinajstić information content (AvgIpc) is 2.98. The Morgan fingerprint density at radius 3 is 2.79 bits per heavy atom. The van der Waals surface area contributed by atoms with Gasteiger partial charge in [0.15, 0.2) is 0 Å². The number of esters is 1. The molecule has 2 N–H and O–H groups in total. The van der Waals surface area contributed by atoms with Crippen LogP contribution in [0, 0.1) is 0 Å². The smallest absolute Gasteiger partial charge is 0.338 e. The van der Waals surface area contributed by atoms with Crippen LogP contribution >= 0.6 is 0 Å². The fourth-order valence-corrected chi connectivity index (χ4v) is 3.54. The summed E-state index contributed by atoms with van der Waals surface area (Å²) in [5.74, 6) is -0.393. The first-order valence-corrected chi connectivity index (χ1v) is 8.23. The molecule has 0 aliphatic carbocycles. The van der Waals surface area contributed by atoms with Crippen LogP contribution in [0.25, 0.3) is 0 Å². The molecule has 24 heavy (non-hydrogen) atoms. The Kier molecular flexibility index (Phi) is 4.85. The van der Waals surface area contributed by atoms with Crippen molar-refractivity contribution in [1.82, 2.24) is 10.2 Å². The van der Waals surface area contributed by atoms with Crippen molar-refractivity contribution in [2.45, 2.75) is 44.9 Å². The summed E-state index contributed by atoms with van der Waals surface area (Å²) in [5, 5.41) is 11.9. The Morgan fingerprint density at radius 1 is 1.33 bits per heavy atom. The fraction of sp³-hybridized carbons (Fsp3) is 0.444. The molecule has 1 aromatic rings. The molecule has 2 aliphatic heterocycles. The summed E-state index contributed by atoms with van der Waals surface area (Å²) in [6.07, 6.45) is 2.02. The molecule has 0 spiro atoms. The van der Waals surface area contributed by atoms with Gasteiger partial charge >= 0.3 is 12.0 Å². The number of aliphatic hydroxyl groups excluding tert-OH is 1. The Balaban J connectivity index is 1.75. The quantitative estimate of drug-likeness (QED) is 0.809. The number of carbonyl (C=O) groups excluding carboxylic acids is 2. The maximum Gasteiger partial charge on any atom is 0.338 e. The number of fused-ring (bicyclic) bond motifs is 1. The number of nitrogens with one attached hydrogen (secondary N) is 1. The van der Waals surface area contributed by atoms with Gasteiger partial charge in [-0.25, -0.2) is 9.59 Å². The number of hydrogen-bond donors (Lipinski definition) is 2. The molecule has 2 heterocycles. The molecule has 3 rings (SSSR count). The van der Waals surface area contributed by atoms with Gasteiger partial charge in [0.2, 0.25) is 0 Å². The van der Waals surface area contributed by atoms with Crippen LogP contribution in [0.3, 0.4) is 0 Å². The highest BCUT2D eigenvalue weighted by atomic mass is 16.5. The van der Waals surface area contributed by atoms with Gasteiger partial charge in [-0.3, -0.25) is 0 Å². The highest BCUT2D eigenvalue weighted by Crippen LogP contribution is 2.35. The van der Waals surface area contributed by atoms with Crippen LogP contribution in [0.2, 0.25) is 0 Å². The van der Waals surface area contributed by atoms with E-state index in [1.807, 2.05) is 30.3 Å². The highest BCUT2D eigenvalue weighted by Gasteiger charge is 2.44. The molecule has 0 saturated carbocycles. The number of hydrogen-bond acceptors (Lipinski definition) is 4. The summed E-state index contributed by atoms with van der Waals surface area (Å²) in [4.78, 5) is 26.5. The molecule has 6 nitrogen and oxygen atoms in total. The molecular weight excluding hydrogens is 308 g/mol. The number of carbonyl (C=O) groups is 2. The van der Waals surface area contributed by atoms with Crippen molar-refractivity contribution in [2.75, 3.05) is 6.61 Å². The third-order valence-electron chi connectivity index (χ3n) is 4.66. The van der Waals surface area contributed by atoms with Crippen molar-refractivity contribution in [1.29, 1.82) is 0 Å². The van der Waals surface area contributed by atoms with E-state index in [2.05, 4.69) is 5.32 Å². The number of ether oxygens (including phenoxy) is 1. The summed E-state index contributed by atoms with van der Waals surface area (Å²) in [7, 11) is 0. The van der Waals surface area contributed by atoms with Crippen molar-refractivity contribution in [3.8, 4) is 0 Å². The van der Waals surface area contributed by atoms with Gasteiger partial charge in [0.05, 0.1) is 11.6 Å². The number of aliphatic hydroxyl groups is 1. The monoisotopic (exact) mass is 330 g/mol. The van der Waals surface area contributed by atoms with Crippen LogP contribution in [0.15, 0.2) is 41.6 Å². The zero-order valence-corrected chi connectivity index (χ0v) is 13.7. The van der Waals surface area contributed by atoms with Crippen LogP contribution < -0.4 is 5.32 Å². The molecule has 2 atom stereocenters. The average molecular weight is 330 g/mol. The van der Waals surface area contributed by atoms with Crippen molar-refractivity contribution in [3.63, 3.8) is 0 Å². The van der Waals surface area contributed by atoms with Gasteiger partial charge in [0.25, 0.3) is 0 Å². The summed E-state index contributed by atoms with van der Waals surface area (Å²) in [5.41, 5.74) is 2.00. The van der Waals surface area contributed by atoms with Crippen LogP contribution in [0.5, 0.6) is 0 Å². The van der Waals surface area contributed by atoms with E-state index in [0.717, 1.165) is 12.0 Å². The SMILES string of the molecule is CC1=C(C(=O)OCc2ccccc2)[C@@H]2CC[C@@H](CCO)N2C(=O)N1. The number of rotatable bonds is 5. The van der Waals surface area contributed by atoms with Crippen molar-refractivity contribution in [2.24, 2.45) is 0 Å². The second-order valence-corrected chi connectivity index (χ2v) is 6.20. The third-order valence-corrected chi connectivity index (χ3v) is 4.66. The molecule has 6 heteroatoms. The third kappa shape index (κ3) is 3.14. The van der Waals surface area contributed by atoms with E-state index in [1.54, 1.807) is 11.8 Å². The van der Waals surface area contributed by atoms with Crippen molar-refractivity contribution >= 4 is 12.0 Å². The molecule has 0 aromatic heterocycles. The summed E-state index contributed by atoms with van der Waals surface area (Å²) in [6.45, 7) is 1.96. The lowest BCUT2D eigenvalue weighted by Crippen LogP contribution is -2.52. The first-order valence-electron chi connectivity index (χ1n) is 8.23. The first-order chi connectivity index (χ1) is 11.6. The second kappa shape index (κ2) is 7.05. The Bertz CT molecular complexity index is 656. The van der Waals surface area contributed by atoms with E-state index >= 15 is 0 Å². The largest absolute Gasteiger partial charge is 0.457 e. The molecule has 1 saturated heterocycles. The number of amides is 2. The molecule has 0 radical (unpaired) electrons. The van der Waals surface area contributed by atoms with Gasteiger partial charge in [0, 0.05) is 18.3 Å². The lowest BCUT2D eigenvalue weighted by atomic mass is 10.0. The van der Waals surface area contributed by atoms with E-state index in [4.69, 9.17) is 4.74 Å². The van der Waals surface area contributed by atoms with Crippen LogP contribution in [0.1, 0.15) is 31.7 Å². The highest BCUT2D eigenvalue weighted by molar-refractivity contribution is 5.95. The van der Waals surface area contributed by atoms with Crippen LogP contribution in [-0.4, -0.2) is 40.7 Å². The van der Waals surface area contributed by atoms with Gasteiger partial charge < -0.3 is 20.1 Å². The predicted molar refractivity (Wildman–Crippen MR) is 87.8 cm³/mol. The summed E-state index contributed by atoms with van der Waals surface area (Å²) < 4.78 is 5.45. The van der Waals surface area contributed by atoms with Crippen LogP contribution in [0.4, 0.5) is 4.79 Å². The fourth-order valence-electron chi connectivity index (χ4n) is 3.54. The van der Waals surface area contributed by atoms with Crippen LogP contribution in [-0.2, 0) is 16.1 Å². The van der Waals surface area contributed by atoms with Gasteiger partial charge in [-0.05, 0) is 31.7 Å². The van der Waals surface area contributed by atoms with Crippen molar-refractivity contribution < 1.29 is 19.4 Å². The van der Waals surface area contributed by atoms with Gasteiger partial charge in [-0.2, -0.15) is 0 Å². The second-order valence-electron chi connectivity index (χ2n) is 6.20. The minimum absolute atomic E-state index is 0.0254. The topological polar surface area (TPSA) is 78.9 Å².